The third-order valence-electron chi connectivity index (χ3n) is 0.607. The predicted octanol–water partition coefficient (Wildman–Crippen LogP) is 1.58. The van der Waals surface area contributed by atoms with E-state index in [0.717, 1.165) is 6.92 Å². The van der Waals surface area contributed by atoms with Gasteiger partial charge in [0, 0.05) is 6.92 Å². The second kappa shape index (κ2) is 5.82. The van der Waals surface area contributed by atoms with Crippen molar-refractivity contribution in [2.45, 2.75) is 6.92 Å². The Morgan fingerprint density at radius 2 is 1.70 bits per heavy atom. The van der Waals surface area contributed by atoms with Crippen LogP contribution in [0.1, 0.15) is 6.92 Å². The first-order valence-corrected chi connectivity index (χ1v) is 2.84. The van der Waals surface area contributed by atoms with Gasteiger partial charge < -0.3 is 5.11 Å². The number of benzene rings is 1. The summed E-state index contributed by atoms with van der Waals surface area (Å²) in [7, 11) is 0. The van der Waals surface area contributed by atoms with E-state index < -0.39 is 5.97 Å². The Hall–Kier alpha value is -1.31. The van der Waals surface area contributed by atoms with Crippen molar-refractivity contribution in [1.29, 1.82) is 0 Å². The van der Waals surface area contributed by atoms with Crippen LogP contribution in [0.3, 0.4) is 0 Å². The van der Waals surface area contributed by atoms with Crippen molar-refractivity contribution < 1.29 is 9.90 Å². The van der Waals surface area contributed by atoms with Crippen LogP contribution in [0.2, 0.25) is 0 Å². The standard InChI is InChI=1S/C6H5.C2H4O2/c1-2-4-6-5-3-1;1-2(3)4/h1-5H;1H3,(H,3,4). The number of carboxylic acid groups (broad SMARTS) is 1. The van der Waals surface area contributed by atoms with Gasteiger partial charge in [0.15, 0.2) is 0 Å². The molecular weight excluding hydrogens is 128 g/mol. The van der Waals surface area contributed by atoms with Gasteiger partial charge in [0.2, 0.25) is 0 Å². The van der Waals surface area contributed by atoms with Crippen molar-refractivity contribution in [3.05, 3.63) is 36.4 Å². The van der Waals surface area contributed by atoms with Crippen molar-refractivity contribution in [2.75, 3.05) is 0 Å². The van der Waals surface area contributed by atoms with Gasteiger partial charge >= 0.3 is 0 Å². The molecule has 0 saturated heterocycles. The third kappa shape index (κ3) is 9.85. The minimum Gasteiger partial charge on any atom is -0.481 e. The summed E-state index contributed by atoms with van der Waals surface area (Å²) in [5.74, 6) is -0.833. The number of carbonyl (C=O) groups is 1. The maximum absolute atomic E-state index is 9.00. The summed E-state index contributed by atoms with van der Waals surface area (Å²) in [5, 5.41) is 7.42. The van der Waals surface area contributed by atoms with Crippen LogP contribution in [-0.2, 0) is 4.79 Å². The van der Waals surface area contributed by atoms with Crippen molar-refractivity contribution in [3.8, 4) is 0 Å². The van der Waals surface area contributed by atoms with E-state index in [2.05, 4.69) is 6.07 Å². The molecule has 0 saturated carbocycles. The lowest BCUT2D eigenvalue weighted by atomic mass is 10.4. The Morgan fingerprint density at radius 1 is 1.30 bits per heavy atom. The fourth-order valence-electron chi connectivity index (χ4n) is 0.342. The Balaban J connectivity index is 0.000000180. The van der Waals surface area contributed by atoms with Gasteiger partial charge in [0.25, 0.3) is 5.97 Å². The molecule has 1 rings (SSSR count). The largest absolute Gasteiger partial charge is 0.481 e. The SMILES string of the molecule is CC(=O)O.[c]1ccccc1. The summed E-state index contributed by atoms with van der Waals surface area (Å²) in [6.07, 6.45) is 0. The quantitative estimate of drug-likeness (QED) is 0.589. The Kier molecular flexibility index (Phi) is 5.06. The third-order valence-corrected chi connectivity index (χ3v) is 0.607. The minimum atomic E-state index is -0.833. The van der Waals surface area contributed by atoms with E-state index in [1.807, 2.05) is 30.3 Å². The lowest BCUT2D eigenvalue weighted by Gasteiger charge is -1.68. The van der Waals surface area contributed by atoms with Crippen LogP contribution in [0.5, 0.6) is 0 Å². The van der Waals surface area contributed by atoms with E-state index in [1.54, 1.807) is 0 Å². The Labute approximate surface area is 60.1 Å². The van der Waals surface area contributed by atoms with Crippen LogP contribution < -0.4 is 0 Å². The van der Waals surface area contributed by atoms with Gasteiger partial charge in [0.05, 0.1) is 0 Å². The zero-order valence-electron chi connectivity index (χ0n) is 5.74. The zero-order chi connectivity index (χ0) is 7.82. The number of hydrogen-bond acceptors (Lipinski definition) is 1. The molecule has 0 spiro atoms. The fraction of sp³-hybridized carbons (Fsp3) is 0.125. The van der Waals surface area contributed by atoms with Crippen LogP contribution in [0.25, 0.3) is 0 Å². The maximum Gasteiger partial charge on any atom is 0.300 e. The van der Waals surface area contributed by atoms with Crippen molar-refractivity contribution >= 4 is 5.97 Å². The summed E-state index contributed by atoms with van der Waals surface area (Å²) < 4.78 is 0. The fourth-order valence-corrected chi connectivity index (χ4v) is 0.342. The van der Waals surface area contributed by atoms with E-state index in [-0.39, 0.29) is 0 Å². The van der Waals surface area contributed by atoms with Crippen molar-refractivity contribution in [1.82, 2.24) is 0 Å². The van der Waals surface area contributed by atoms with Gasteiger partial charge in [-0.15, -0.1) is 0 Å². The molecule has 10 heavy (non-hydrogen) atoms. The van der Waals surface area contributed by atoms with Crippen LogP contribution in [-0.4, -0.2) is 11.1 Å². The minimum absolute atomic E-state index is 0.833. The first kappa shape index (κ1) is 8.69. The number of aliphatic carboxylic acids is 1. The van der Waals surface area contributed by atoms with E-state index in [1.165, 1.54) is 0 Å². The first-order valence-electron chi connectivity index (χ1n) is 2.84. The van der Waals surface area contributed by atoms with E-state index in [9.17, 15) is 0 Å². The lowest BCUT2D eigenvalue weighted by molar-refractivity contribution is -0.134. The normalized spacial score (nSPS) is 7.30. The highest BCUT2D eigenvalue weighted by atomic mass is 16.4. The van der Waals surface area contributed by atoms with Crippen molar-refractivity contribution in [3.63, 3.8) is 0 Å². The number of carboxylic acids is 1. The molecular formula is C8H9O2. The highest BCUT2D eigenvalue weighted by molar-refractivity contribution is 5.62. The van der Waals surface area contributed by atoms with E-state index >= 15 is 0 Å². The average Bonchev–Trinajstić information content (AvgIpc) is 1.90. The molecule has 2 heteroatoms. The van der Waals surface area contributed by atoms with Gasteiger partial charge in [0.1, 0.15) is 0 Å². The summed E-state index contributed by atoms with van der Waals surface area (Å²) in [6, 6.07) is 12.5. The van der Waals surface area contributed by atoms with Crippen LogP contribution in [0, 0.1) is 6.07 Å². The molecule has 2 nitrogen and oxygen atoms in total. The second-order valence-corrected chi connectivity index (χ2v) is 1.60. The average molecular weight is 137 g/mol. The molecule has 0 unspecified atom stereocenters. The Bertz CT molecular complexity index is 139. The van der Waals surface area contributed by atoms with Crippen LogP contribution >= 0.6 is 0 Å². The molecule has 0 aliphatic heterocycles. The van der Waals surface area contributed by atoms with Crippen LogP contribution in [0.15, 0.2) is 30.3 Å². The van der Waals surface area contributed by atoms with Crippen LogP contribution in [0.4, 0.5) is 0 Å². The molecule has 0 aliphatic carbocycles. The van der Waals surface area contributed by atoms with Gasteiger partial charge in [-0.3, -0.25) is 4.79 Å². The van der Waals surface area contributed by atoms with Gasteiger partial charge in [-0.1, -0.05) is 30.3 Å². The maximum atomic E-state index is 9.00. The lowest BCUT2D eigenvalue weighted by Crippen LogP contribution is -1.78. The topological polar surface area (TPSA) is 37.3 Å². The molecule has 53 valence electrons. The zero-order valence-corrected chi connectivity index (χ0v) is 5.74. The highest BCUT2D eigenvalue weighted by Gasteiger charge is 1.65. The molecule has 1 aromatic carbocycles. The molecule has 0 bridgehead atoms. The number of hydrogen-bond donors (Lipinski definition) is 1. The molecule has 1 radical (unpaired) electrons. The monoisotopic (exact) mass is 137 g/mol. The summed E-state index contributed by atoms with van der Waals surface area (Å²) >= 11 is 0. The molecule has 0 fully saturated rings. The number of rotatable bonds is 0. The van der Waals surface area contributed by atoms with E-state index in [0.29, 0.717) is 0 Å². The molecule has 0 aliphatic rings. The summed E-state index contributed by atoms with van der Waals surface area (Å²) in [6.45, 7) is 1.08. The Morgan fingerprint density at radius 3 is 1.80 bits per heavy atom. The van der Waals surface area contributed by atoms with Gasteiger partial charge in [-0.25, -0.2) is 0 Å². The molecule has 1 aromatic rings. The summed E-state index contributed by atoms with van der Waals surface area (Å²) in [5.41, 5.74) is 0. The van der Waals surface area contributed by atoms with E-state index in [4.69, 9.17) is 9.90 Å². The molecule has 0 amide bonds. The molecule has 0 aromatic heterocycles. The first-order chi connectivity index (χ1) is 4.73. The molecule has 0 atom stereocenters. The van der Waals surface area contributed by atoms with Gasteiger partial charge in [-0.05, 0) is 6.07 Å². The smallest absolute Gasteiger partial charge is 0.300 e. The highest BCUT2D eigenvalue weighted by Crippen LogP contribution is 1.78. The van der Waals surface area contributed by atoms with Gasteiger partial charge in [-0.2, -0.15) is 0 Å². The van der Waals surface area contributed by atoms with Crippen molar-refractivity contribution in [2.24, 2.45) is 0 Å². The predicted molar refractivity (Wildman–Crippen MR) is 38.6 cm³/mol. The molecule has 0 heterocycles. The summed E-state index contributed by atoms with van der Waals surface area (Å²) in [4.78, 5) is 9.00. The second-order valence-electron chi connectivity index (χ2n) is 1.60. The molecule has 1 N–H and O–H groups in total.